The minimum absolute atomic E-state index is 0.0302. The van der Waals surface area contributed by atoms with Crippen LogP contribution in [0.25, 0.3) is 0 Å². The molecule has 0 amide bonds. The minimum Gasteiger partial charge on any atom is -0.460 e. The number of aldehydes is 1. The van der Waals surface area contributed by atoms with Gasteiger partial charge in [0.05, 0.1) is 0 Å². The SMILES string of the molecule is COP(=O)(OC)C(CC=O)C(=O)OCc1ccccc1. The van der Waals surface area contributed by atoms with Crippen molar-refractivity contribution in [1.29, 1.82) is 0 Å². The Bertz CT molecular complexity index is 479. The van der Waals surface area contributed by atoms with E-state index in [1.54, 1.807) is 24.3 Å². The molecular weight excluding hydrogens is 283 g/mol. The van der Waals surface area contributed by atoms with Crippen molar-refractivity contribution in [2.45, 2.75) is 18.7 Å². The summed E-state index contributed by atoms with van der Waals surface area (Å²) in [5, 5.41) is 0. The average molecular weight is 300 g/mol. The van der Waals surface area contributed by atoms with Crippen LogP contribution in [0.4, 0.5) is 0 Å². The molecule has 0 spiro atoms. The average Bonchev–Trinajstić information content (AvgIpc) is 2.50. The molecule has 0 radical (unpaired) electrons. The predicted molar refractivity (Wildman–Crippen MR) is 72.3 cm³/mol. The summed E-state index contributed by atoms with van der Waals surface area (Å²) in [7, 11) is -1.37. The van der Waals surface area contributed by atoms with Gasteiger partial charge in [-0.3, -0.25) is 9.36 Å². The van der Waals surface area contributed by atoms with E-state index >= 15 is 0 Å². The molecule has 0 saturated carbocycles. The van der Waals surface area contributed by atoms with Crippen molar-refractivity contribution in [2.75, 3.05) is 14.2 Å². The van der Waals surface area contributed by atoms with Crippen molar-refractivity contribution in [3.8, 4) is 0 Å². The molecule has 0 bridgehead atoms. The van der Waals surface area contributed by atoms with Crippen molar-refractivity contribution < 1.29 is 27.9 Å². The molecule has 0 saturated heterocycles. The molecule has 0 fully saturated rings. The highest BCUT2D eigenvalue weighted by Crippen LogP contribution is 2.53. The van der Waals surface area contributed by atoms with Gasteiger partial charge >= 0.3 is 13.6 Å². The van der Waals surface area contributed by atoms with Crippen molar-refractivity contribution in [3.63, 3.8) is 0 Å². The van der Waals surface area contributed by atoms with E-state index in [1.807, 2.05) is 6.07 Å². The van der Waals surface area contributed by atoms with Crippen LogP contribution in [0.3, 0.4) is 0 Å². The number of esters is 1. The van der Waals surface area contributed by atoms with Gasteiger partial charge in [0.25, 0.3) is 0 Å². The molecule has 0 aliphatic rings. The number of ether oxygens (including phenoxy) is 1. The fourth-order valence-corrected chi connectivity index (χ4v) is 2.93. The fraction of sp³-hybridized carbons (Fsp3) is 0.385. The Hall–Kier alpha value is -1.49. The lowest BCUT2D eigenvalue weighted by Gasteiger charge is -2.21. The summed E-state index contributed by atoms with van der Waals surface area (Å²) >= 11 is 0. The summed E-state index contributed by atoms with van der Waals surface area (Å²) in [6.07, 6.45) is 0.200. The molecule has 1 rings (SSSR count). The Labute approximate surface area is 117 Å². The number of carbonyl (C=O) groups is 2. The van der Waals surface area contributed by atoms with Gasteiger partial charge in [-0.1, -0.05) is 30.3 Å². The molecule has 7 heteroatoms. The lowest BCUT2D eigenvalue weighted by molar-refractivity contribution is -0.145. The molecule has 0 heterocycles. The van der Waals surface area contributed by atoms with Crippen LogP contribution in [0.1, 0.15) is 12.0 Å². The quantitative estimate of drug-likeness (QED) is 0.416. The summed E-state index contributed by atoms with van der Waals surface area (Å²) in [6, 6.07) is 9.02. The second-order valence-electron chi connectivity index (χ2n) is 3.92. The summed E-state index contributed by atoms with van der Waals surface area (Å²) in [4.78, 5) is 22.6. The summed E-state index contributed by atoms with van der Waals surface area (Å²) in [5.41, 5.74) is -0.464. The number of carbonyl (C=O) groups excluding carboxylic acids is 2. The first-order chi connectivity index (χ1) is 9.57. The third-order valence-corrected chi connectivity index (χ3v) is 4.91. The van der Waals surface area contributed by atoms with Crippen LogP contribution in [0.2, 0.25) is 0 Å². The molecule has 0 aliphatic carbocycles. The van der Waals surface area contributed by atoms with E-state index in [-0.39, 0.29) is 13.0 Å². The van der Waals surface area contributed by atoms with Gasteiger partial charge in [0.15, 0.2) is 5.66 Å². The molecule has 20 heavy (non-hydrogen) atoms. The van der Waals surface area contributed by atoms with Gasteiger partial charge in [0.1, 0.15) is 12.9 Å². The molecule has 110 valence electrons. The van der Waals surface area contributed by atoms with Gasteiger partial charge in [-0.15, -0.1) is 0 Å². The van der Waals surface area contributed by atoms with E-state index < -0.39 is 19.2 Å². The molecule has 1 atom stereocenters. The number of hydrogen-bond acceptors (Lipinski definition) is 6. The normalized spacial score (nSPS) is 12.7. The van der Waals surface area contributed by atoms with Crippen LogP contribution in [0, 0.1) is 0 Å². The number of rotatable bonds is 8. The molecule has 0 aromatic heterocycles. The van der Waals surface area contributed by atoms with E-state index in [9.17, 15) is 14.2 Å². The summed E-state index contributed by atoms with van der Waals surface area (Å²) in [5.74, 6) is -0.784. The van der Waals surface area contributed by atoms with Gasteiger partial charge < -0.3 is 18.6 Å². The maximum Gasteiger partial charge on any atom is 0.344 e. The second-order valence-corrected chi connectivity index (χ2v) is 6.35. The molecular formula is C13H17O6P. The van der Waals surface area contributed by atoms with Crippen molar-refractivity contribution in [2.24, 2.45) is 0 Å². The Kier molecular flexibility index (Phi) is 6.58. The first-order valence-corrected chi connectivity index (χ1v) is 7.54. The fourth-order valence-electron chi connectivity index (χ4n) is 1.60. The largest absolute Gasteiger partial charge is 0.460 e. The zero-order chi connectivity index (χ0) is 15.0. The molecule has 0 aliphatic heterocycles. The number of benzene rings is 1. The predicted octanol–water partition coefficient (Wildman–Crippen LogP) is 2.17. The van der Waals surface area contributed by atoms with Crippen LogP contribution < -0.4 is 0 Å². The van der Waals surface area contributed by atoms with Gasteiger partial charge in [-0.2, -0.15) is 0 Å². The maximum atomic E-state index is 12.2. The Morgan fingerprint density at radius 1 is 1.25 bits per heavy atom. The first-order valence-electron chi connectivity index (χ1n) is 5.92. The van der Waals surface area contributed by atoms with Crippen LogP contribution >= 0.6 is 7.60 Å². The van der Waals surface area contributed by atoms with E-state index in [1.165, 1.54) is 0 Å². The van der Waals surface area contributed by atoms with Crippen LogP contribution in [0.15, 0.2) is 30.3 Å². The monoisotopic (exact) mass is 300 g/mol. The Balaban J connectivity index is 2.74. The van der Waals surface area contributed by atoms with Crippen LogP contribution in [0.5, 0.6) is 0 Å². The van der Waals surface area contributed by atoms with Gasteiger partial charge in [0, 0.05) is 20.6 Å². The van der Waals surface area contributed by atoms with Crippen LogP contribution in [-0.2, 0) is 34.5 Å². The van der Waals surface area contributed by atoms with Crippen molar-refractivity contribution in [1.82, 2.24) is 0 Å². The zero-order valence-electron chi connectivity index (χ0n) is 11.4. The topological polar surface area (TPSA) is 78.9 Å². The maximum absolute atomic E-state index is 12.2. The highest BCUT2D eigenvalue weighted by atomic mass is 31.2. The highest BCUT2D eigenvalue weighted by molar-refractivity contribution is 7.55. The highest BCUT2D eigenvalue weighted by Gasteiger charge is 2.40. The molecule has 1 aromatic rings. The molecule has 1 aromatic carbocycles. The molecule has 1 unspecified atom stereocenters. The lowest BCUT2D eigenvalue weighted by Crippen LogP contribution is -2.25. The number of hydrogen-bond donors (Lipinski definition) is 0. The van der Waals surface area contributed by atoms with E-state index in [4.69, 9.17) is 13.8 Å². The first kappa shape index (κ1) is 16.6. The van der Waals surface area contributed by atoms with Gasteiger partial charge in [0.2, 0.25) is 0 Å². The second kappa shape index (κ2) is 7.94. The van der Waals surface area contributed by atoms with Gasteiger partial charge in [-0.05, 0) is 5.56 Å². The summed E-state index contributed by atoms with van der Waals surface area (Å²) in [6.45, 7) is 0.0302. The van der Waals surface area contributed by atoms with Crippen LogP contribution in [-0.4, -0.2) is 32.1 Å². The molecule has 0 N–H and O–H groups in total. The van der Waals surface area contributed by atoms with Crippen molar-refractivity contribution in [3.05, 3.63) is 35.9 Å². The lowest BCUT2D eigenvalue weighted by atomic mass is 10.2. The molecule has 6 nitrogen and oxygen atoms in total. The Morgan fingerprint density at radius 2 is 1.85 bits per heavy atom. The standard InChI is InChI=1S/C13H17O6P/c1-17-20(16,18-2)12(8-9-14)13(15)19-10-11-6-4-3-5-7-11/h3-7,9,12H,8,10H2,1-2H3. The van der Waals surface area contributed by atoms with E-state index in [2.05, 4.69) is 0 Å². The zero-order valence-corrected chi connectivity index (χ0v) is 12.2. The minimum atomic E-state index is -3.69. The van der Waals surface area contributed by atoms with Gasteiger partial charge in [-0.25, -0.2) is 0 Å². The summed E-state index contributed by atoms with van der Waals surface area (Å²) < 4.78 is 26.7. The third kappa shape index (κ3) is 4.27. The third-order valence-electron chi connectivity index (χ3n) is 2.71. The smallest absolute Gasteiger partial charge is 0.344 e. The van der Waals surface area contributed by atoms with Crippen molar-refractivity contribution >= 4 is 19.9 Å². The Morgan fingerprint density at radius 3 is 2.35 bits per heavy atom. The van der Waals surface area contributed by atoms with E-state index in [0.717, 1.165) is 19.8 Å². The van der Waals surface area contributed by atoms with E-state index in [0.29, 0.717) is 6.29 Å².